The molecule has 0 N–H and O–H groups in total. The van der Waals surface area contributed by atoms with Crippen molar-refractivity contribution in [3.05, 3.63) is 0 Å². The molecule has 0 saturated heterocycles. The monoisotopic (exact) mass is 405 g/mol. The zero-order valence-electron chi connectivity index (χ0n) is 16.9. The quantitative estimate of drug-likeness (QED) is 0.243. The average molecular weight is 406 g/mol. The van der Waals surface area contributed by atoms with Crippen molar-refractivity contribution in [2.45, 2.75) is 85.2 Å². The number of hydrogen-bond donors (Lipinski definition) is 0. The van der Waals surface area contributed by atoms with Crippen LogP contribution in [0.3, 0.4) is 0 Å². The minimum atomic E-state index is -4.12. The normalized spacial score (nSPS) is 12.6. The molecule has 160 valence electrons. The molecule has 0 heterocycles. The van der Waals surface area contributed by atoms with Crippen LogP contribution in [0.1, 0.15) is 79.1 Å². The highest BCUT2D eigenvalue weighted by atomic mass is 32.2. The summed E-state index contributed by atoms with van der Waals surface area (Å²) in [6.07, 6.45) is -0.852. The summed E-state index contributed by atoms with van der Waals surface area (Å²) in [5, 5.41) is 0. The molecule has 0 aromatic heterocycles. The van der Waals surface area contributed by atoms with Gasteiger partial charge in [0, 0.05) is 12.2 Å². The van der Waals surface area contributed by atoms with Gasteiger partial charge in [0.1, 0.15) is 0 Å². The van der Waals surface area contributed by atoms with Gasteiger partial charge in [-0.3, -0.25) is 0 Å². The summed E-state index contributed by atoms with van der Waals surface area (Å²) in [5.74, 6) is -0.346. The molecule has 0 atom stereocenters. The molecular formula is C18H38F3NO3S. The van der Waals surface area contributed by atoms with E-state index in [2.05, 4.69) is 27.7 Å². The van der Waals surface area contributed by atoms with Crippen molar-refractivity contribution in [2.24, 2.45) is 0 Å². The number of quaternary nitrogens is 1. The maximum absolute atomic E-state index is 11.8. The van der Waals surface area contributed by atoms with Crippen LogP contribution >= 0.6 is 0 Å². The van der Waals surface area contributed by atoms with Crippen LogP contribution in [-0.4, -0.2) is 55.6 Å². The topological polar surface area (TPSA) is 57.2 Å². The number of hydrogen-bond acceptors (Lipinski definition) is 3. The van der Waals surface area contributed by atoms with Gasteiger partial charge >= 0.3 is 6.18 Å². The van der Waals surface area contributed by atoms with Gasteiger partial charge in [0.25, 0.3) is 0 Å². The second-order valence-corrected chi connectivity index (χ2v) is 8.23. The van der Waals surface area contributed by atoms with E-state index in [0.29, 0.717) is 19.3 Å². The lowest BCUT2D eigenvalue weighted by molar-refractivity contribution is -0.921. The van der Waals surface area contributed by atoms with E-state index in [-0.39, 0.29) is 12.2 Å². The zero-order valence-corrected chi connectivity index (χ0v) is 17.7. The fraction of sp³-hybridized carbons (Fsp3) is 1.00. The Balaban J connectivity index is 0. The zero-order chi connectivity index (χ0) is 20.7. The van der Waals surface area contributed by atoms with Gasteiger partial charge in [-0.25, -0.2) is 8.42 Å². The van der Waals surface area contributed by atoms with Crippen LogP contribution in [-0.2, 0) is 10.1 Å². The molecule has 0 spiro atoms. The van der Waals surface area contributed by atoms with Crippen molar-refractivity contribution < 1.29 is 30.6 Å². The second-order valence-electron chi connectivity index (χ2n) is 6.71. The Kier molecular flexibility index (Phi) is 15.7. The van der Waals surface area contributed by atoms with Crippen molar-refractivity contribution >= 4 is 10.1 Å². The third-order valence-corrected chi connectivity index (χ3v) is 5.83. The summed E-state index contributed by atoms with van der Waals surface area (Å²) < 4.78 is 67.3. The molecule has 4 nitrogen and oxygen atoms in total. The van der Waals surface area contributed by atoms with Gasteiger partial charge in [-0.2, -0.15) is 13.2 Å². The molecular weight excluding hydrogens is 367 g/mol. The molecule has 0 aromatic rings. The summed E-state index contributed by atoms with van der Waals surface area (Å²) in [5.41, 5.74) is 0. The Hall–Kier alpha value is -0.340. The fourth-order valence-corrected chi connectivity index (χ4v) is 3.39. The lowest BCUT2D eigenvalue weighted by atomic mass is 10.1. The second kappa shape index (κ2) is 14.7. The predicted molar refractivity (Wildman–Crippen MR) is 100.0 cm³/mol. The van der Waals surface area contributed by atoms with Gasteiger partial charge in [-0.05, 0) is 40.5 Å². The lowest BCUT2D eigenvalue weighted by Gasteiger charge is -2.34. The molecule has 0 saturated carbocycles. The SMILES string of the molecule is CC[N+](CC)(CC)CC.O=S(=O)([O-])CCCCCCCCCC(F)(F)F. The highest BCUT2D eigenvalue weighted by molar-refractivity contribution is 7.85. The maximum atomic E-state index is 11.8. The highest BCUT2D eigenvalue weighted by Crippen LogP contribution is 2.23. The van der Waals surface area contributed by atoms with Gasteiger partial charge in [0.2, 0.25) is 0 Å². The van der Waals surface area contributed by atoms with Crippen molar-refractivity contribution in [3.8, 4) is 0 Å². The standard InChI is InChI=1S/C10H19F3O3S.C8H20N/c11-10(12,13)8-6-4-2-1-3-5-7-9-17(14,15)16;1-5-9(6-2,7-3)8-4/h1-9H2,(H,14,15,16);5-8H2,1-4H3/q;+1/p-1. The summed E-state index contributed by atoms with van der Waals surface area (Å²) in [4.78, 5) is 0. The Labute approximate surface area is 158 Å². The van der Waals surface area contributed by atoms with Gasteiger partial charge in [0.05, 0.1) is 36.3 Å². The van der Waals surface area contributed by atoms with Crippen molar-refractivity contribution in [1.82, 2.24) is 0 Å². The van der Waals surface area contributed by atoms with Crippen molar-refractivity contribution in [1.29, 1.82) is 0 Å². The van der Waals surface area contributed by atoms with E-state index < -0.39 is 22.7 Å². The third kappa shape index (κ3) is 18.5. The first-order valence-corrected chi connectivity index (χ1v) is 11.4. The van der Waals surface area contributed by atoms with E-state index in [1.807, 2.05) is 0 Å². The van der Waals surface area contributed by atoms with Crippen LogP contribution in [0.2, 0.25) is 0 Å². The van der Waals surface area contributed by atoms with Crippen LogP contribution in [0.5, 0.6) is 0 Å². The Bertz CT molecular complexity index is 404. The van der Waals surface area contributed by atoms with Crippen molar-refractivity contribution in [3.63, 3.8) is 0 Å². The van der Waals surface area contributed by atoms with E-state index in [1.54, 1.807) is 0 Å². The minimum absolute atomic E-state index is 0.151. The van der Waals surface area contributed by atoms with E-state index in [0.717, 1.165) is 19.3 Å². The summed E-state index contributed by atoms with van der Waals surface area (Å²) in [6, 6.07) is 0. The number of alkyl halides is 3. The van der Waals surface area contributed by atoms with E-state index in [1.165, 1.54) is 30.7 Å². The number of nitrogens with zero attached hydrogens (tertiary/aromatic N) is 1. The third-order valence-electron chi connectivity index (χ3n) is 5.04. The van der Waals surface area contributed by atoms with Crippen LogP contribution in [0.4, 0.5) is 13.2 Å². The molecule has 0 radical (unpaired) electrons. The fourth-order valence-electron chi connectivity index (χ4n) is 2.83. The minimum Gasteiger partial charge on any atom is -0.748 e. The molecule has 0 aromatic carbocycles. The molecule has 0 aliphatic rings. The largest absolute Gasteiger partial charge is 0.748 e. The molecule has 0 bridgehead atoms. The van der Waals surface area contributed by atoms with Gasteiger partial charge in [0.15, 0.2) is 0 Å². The van der Waals surface area contributed by atoms with Crippen molar-refractivity contribution in [2.75, 3.05) is 31.9 Å². The summed E-state index contributed by atoms with van der Waals surface area (Å²) in [7, 11) is -4.12. The Morgan fingerprint density at radius 2 is 1.08 bits per heavy atom. The molecule has 26 heavy (non-hydrogen) atoms. The highest BCUT2D eigenvalue weighted by Gasteiger charge is 2.25. The van der Waals surface area contributed by atoms with E-state index in [9.17, 15) is 26.1 Å². The molecule has 0 aliphatic carbocycles. The van der Waals surface area contributed by atoms with Crippen LogP contribution in [0, 0.1) is 0 Å². The van der Waals surface area contributed by atoms with Gasteiger partial charge in [-0.1, -0.05) is 32.1 Å². The molecule has 8 heteroatoms. The number of rotatable bonds is 13. The van der Waals surface area contributed by atoms with Crippen LogP contribution < -0.4 is 0 Å². The summed E-state index contributed by atoms with van der Waals surface area (Å²) >= 11 is 0. The Morgan fingerprint density at radius 1 is 0.731 bits per heavy atom. The first kappa shape index (κ1) is 27.9. The average Bonchev–Trinajstić information content (AvgIpc) is 2.54. The van der Waals surface area contributed by atoms with E-state index >= 15 is 0 Å². The van der Waals surface area contributed by atoms with Gasteiger partial charge in [-0.15, -0.1) is 0 Å². The molecule has 0 aliphatic heterocycles. The maximum Gasteiger partial charge on any atom is 0.389 e. The first-order chi connectivity index (χ1) is 11.9. The molecule has 0 amide bonds. The Morgan fingerprint density at radius 3 is 1.35 bits per heavy atom. The lowest BCUT2D eigenvalue weighted by Crippen LogP contribution is -2.47. The predicted octanol–water partition coefficient (Wildman–Crippen LogP) is 5.10. The van der Waals surface area contributed by atoms with Crippen LogP contribution in [0.15, 0.2) is 0 Å². The number of halogens is 3. The smallest absolute Gasteiger partial charge is 0.389 e. The first-order valence-electron chi connectivity index (χ1n) is 9.80. The summed E-state index contributed by atoms with van der Waals surface area (Å²) in [6.45, 7) is 14.2. The van der Waals surface area contributed by atoms with E-state index in [4.69, 9.17) is 0 Å². The molecule has 0 unspecified atom stereocenters. The molecule has 0 fully saturated rings. The van der Waals surface area contributed by atoms with Crippen LogP contribution in [0.25, 0.3) is 0 Å². The van der Waals surface area contributed by atoms with Gasteiger partial charge < -0.3 is 9.04 Å². The molecule has 0 rings (SSSR count). The number of unbranched alkanes of at least 4 members (excludes halogenated alkanes) is 6.